The highest BCUT2D eigenvalue weighted by atomic mass is 16.2. The summed E-state index contributed by atoms with van der Waals surface area (Å²) in [6.45, 7) is 1.42. The molecule has 2 N–H and O–H groups in total. The predicted molar refractivity (Wildman–Crippen MR) is 90.0 cm³/mol. The highest BCUT2D eigenvalue weighted by Gasteiger charge is 2.19. The van der Waals surface area contributed by atoms with Crippen molar-refractivity contribution in [2.45, 2.75) is 13.0 Å². The van der Waals surface area contributed by atoms with Crippen molar-refractivity contribution in [1.29, 1.82) is 0 Å². The van der Waals surface area contributed by atoms with E-state index in [4.69, 9.17) is 0 Å². The molecule has 2 amide bonds. The number of carbonyl (C=O) groups excluding carboxylic acids is 2. The Morgan fingerprint density at radius 3 is 2.96 bits per heavy atom. The van der Waals surface area contributed by atoms with E-state index in [0.29, 0.717) is 23.6 Å². The lowest BCUT2D eigenvalue weighted by Gasteiger charge is -2.07. The highest BCUT2D eigenvalue weighted by Crippen LogP contribution is 2.23. The Morgan fingerprint density at radius 1 is 1.29 bits per heavy atom. The molecule has 0 bridgehead atoms. The first-order valence-corrected chi connectivity index (χ1v) is 7.84. The first-order chi connectivity index (χ1) is 11.6. The van der Waals surface area contributed by atoms with Crippen LogP contribution >= 0.6 is 0 Å². The van der Waals surface area contributed by atoms with E-state index < -0.39 is 0 Å². The molecular formula is C17H17N5O2. The number of hydrogen-bond donors (Lipinski definition) is 2. The van der Waals surface area contributed by atoms with Crippen LogP contribution in [0.5, 0.6) is 0 Å². The quantitative estimate of drug-likeness (QED) is 0.754. The minimum absolute atomic E-state index is 0.0665. The molecule has 3 aromatic rings. The number of aromatic nitrogens is 3. The lowest BCUT2D eigenvalue weighted by Crippen LogP contribution is -2.22. The van der Waals surface area contributed by atoms with E-state index in [2.05, 4.69) is 15.7 Å². The summed E-state index contributed by atoms with van der Waals surface area (Å²) in [6, 6.07) is 9.08. The van der Waals surface area contributed by atoms with Crippen molar-refractivity contribution in [2.24, 2.45) is 7.05 Å². The molecule has 7 heteroatoms. The molecule has 1 aliphatic heterocycles. The second kappa shape index (κ2) is 5.52. The van der Waals surface area contributed by atoms with Gasteiger partial charge in [-0.1, -0.05) is 6.07 Å². The van der Waals surface area contributed by atoms with Crippen LogP contribution in [0.1, 0.15) is 27.3 Å². The van der Waals surface area contributed by atoms with E-state index in [0.717, 1.165) is 23.9 Å². The van der Waals surface area contributed by atoms with Crippen LogP contribution in [-0.2, 0) is 13.6 Å². The van der Waals surface area contributed by atoms with Crippen LogP contribution in [0.25, 0.3) is 10.9 Å². The molecule has 7 nitrogen and oxygen atoms in total. The number of benzene rings is 1. The van der Waals surface area contributed by atoms with Gasteiger partial charge in [-0.05, 0) is 24.6 Å². The molecule has 0 spiro atoms. The Kier molecular flexibility index (Phi) is 3.34. The zero-order valence-corrected chi connectivity index (χ0v) is 13.2. The molecule has 0 saturated heterocycles. The Hall–Kier alpha value is -3.09. The summed E-state index contributed by atoms with van der Waals surface area (Å²) in [5.41, 5.74) is 2.08. The molecule has 1 aliphatic rings. The molecule has 122 valence electrons. The second-order valence-electron chi connectivity index (χ2n) is 5.89. The minimum atomic E-state index is -0.218. The third-order valence-electron chi connectivity index (χ3n) is 4.20. The zero-order chi connectivity index (χ0) is 16.7. The molecule has 1 aromatic carbocycles. The summed E-state index contributed by atoms with van der Waals surface area (Å²) < 4.78 is 3.61. The fraction of sp³-hybridized carbons (Fsp3) is 0.235. The zero-order valence-electron chi connectivity index (χ0n) is 13.2. The van der Waals surface area contributed by atoms with Gasteiger partial charge in [0.05, 0.1) is 0 Å². The average Bonchev–Trinajstić information content (AvgIpc) is 3.09. The predicted octanol–water partition coefficient (Wildman–Crippen LogP) is 1.76. The third kappa shape index (κ3) is 2.44. The van der Waals surface area contributed by atoms with Crippen LogP contribution < -0.4 is 10.6 Å². The molecule has 0 aliphatic carbocycles. The Bertz CT molecular complexity index is 953. The van der Waals surface area contributed by atoms with Gasteiger partial charge in [0.1, 0.15) is 5.69 Å². The molecular weight excluding hydrogens is 306 g/mol. The van der Waals surface area contributed by atoms with Gasteiger partial charge in [-0.3, -0.25) is 14.3 Å². The minimum Gasteiger partial charge on any atom is -0.351 e. The van der Waals surface area contributed by atoms with Gasteiger partial charge in [-0.25, -0.2) is 0 Å². The van der Waals surface area contributed by atoms with Crippen LogP contribution in [0.4, 0.5) is 5.82 Å². The van der Waals surface area contributed by atoms with Gasteiger partial charge in [0.2, 0.25) is 0 Å². The summed E-state index contributed by atoms with van der Waals surface area (Å²) in [6.07, 6.45) is 2.64. The maximum Gasteiger partial charge on any atom is 0.267 e. The maximum absolute atomic E-state index is 12.4. The highest BCUT2D eigenvalue weighted by molar-refractivity contribution is 6.07. The molecule has 0 radical (unpaired) electrons. The topological polar surface area (TPSA) is 81.0 Å². The smallest absolute Gasteiger partial charge is 0.267 e. The van der Waals surface area contributed by atoms with Gasteiger partial charge in [0.15, 0.2) is 5.82 Å². The molecule has 0 fully saturated rings. The van der Waals surface area contributed by atoms with Crippen molar-refractivity contribution in [3.8, 4) is 0 Å². The average molecular weight is 323 g/mol. The summed E-state index contributed by atoms with van der Waals surface area (Å²) in [7, 11) is 1.79. The number of hydrogen-bond acceptors (Lipinski definition) is 3. The van der Waals surface area contributed by atoms with Gasteiger partial charge < -0.3 is 15.2 Å². The van der Waals surface area contributed by atoms with Crippen LogP contribution in [0.2, 0.25) is 0 Å². The van der Waals surface area contributed by atoms with E-state index in [1.54, 1.807) is 30.1 Å². The van der Waals surface area contributed by atoms with Crippen molar-refractivity contribution in [2.75, 3.05) is 11.9 Å². The molecule has 4 rings (SSSR count). The Labute approximate surface area is 138 Å². The second-order valence-corrected chi connectivity index (χ2v) is 5.89. The summed E-state index contributed by atoms with van der Waals surface area (Å²) in [4.78, 5) is 24.6. The Balaban J connectivity index is 1.71. The van der Waals surface area contributed by atoms with E-state index in [9.17, 15) is 9.59 Å². The number of rotatable bonds is 2. The van der Waals surface area contributed by atoms with Gasteiger partial charge in [0, 0.05) is 48.9 Å². The molecule has 0 saturated carbocycles. The third-order valence-corrected chi connectivity index (χ3v) is 4.20. The standard InChI is InChI=1S/C17H17N5O2/c1-21-8-5-15(20-21)19-16(23)12-4-3-11-9-14-17(24)18-6-2-7-22(14)13(11)10-12/h3-5,8-10H,2,6-7H2,1H3,(H,18,24)(H,19,20,23). The number of amides is 2. The first-order valence-electron chi connectivity index (χ1n) is 7.84. The van der Waals surface area contributed by atoms with Crippen LogP contribution in [0, 0.1) is 0 Å². The normalized spacial score (nSPS) is 14.1. The molecule has 24 heavy (non-hydrogen) atoms. The van der Waals surface area contributed by atoms with Crippen LogP contribution in [0.15, 0.2) is 36.5 Å². The summed E-state index contributed by atoms with van der Waals surface area (Å²) in [5, 5.41) is 10.8. The van der Waals surface area contributed by atoms with Crippen molar-refractivity contribution >= 4 is 28.5 Å². The van der Waals surface area contributed by atoms with Crippen molar-refractivity contribution in [1.82, 2.24) is 19.7 Å². The van der Waals surface area contributed by atoms with Gasteiger partial charge >= 0.3 is 0 Å². The number of aryl methyl sites for hydroxylation is 2. The Morgan fingerprint density at radius 2 is 2.17 bits per heavy atom. The number of nitrogens with one attached hydrogen (secondary N) is 2. The molecule has 0 unspecified atom stereocenters. The van der Waals surface area contributed by atoms with Gasteiger partial charge in [0.25, 0.3) is 11.8 Å². The molecule has 2 aromatic heterocycles. The van der Waals surface area contributed by atoms with Gasteiger partial charge in [-0.15, -0.1) is 0 Å². The summed E-state index contributed by atoms with van der Waals surface area (Å²) in [5.74, 6) is 0.225. The fourth-order valence-electron chi connectivity index (χ4n) is 3.02. The van der Waals surface area contributed by atoms with E-state index in [-0.39, 0.29) is 11.8 Å². The van der Waals surface area contributed by atoms with E-state index >= 15 is 0 Å². The van der Waals surface area contributed by atoms with Gasteiger partial charge in [-0.2, -0.15) is 5.10 Å². The summed E-state index contributed by atoms with van der Waals surface area (Å²) >= 11 is 0. The van der Waals surface area contributed by atoms with Crippen molar-refractivity contribution in [3.05, 3.63) is 47.8 Å². The largest absolute Gasteiger partial charge is 0.351 e. The van der Waals surface area contributed by atoms with Crippen molar-refractivity contribution in [3.63, 3.8) is 0 Å². The number of carbonyl (C=O) groups is 2. The number of fused-ring (bicyclic) bond motifs is 3. The lowest BCUT2D eigenvalue weighted by atomic mass is 10.1. The number of nitrogens with zero attached hydrogens (tertiary/aromatic N) is 3. The van der Waals surface area contributed by atoms with Crippen molar-refractivity contribution < 1.29 is 9.59 Å². The monoisotopic (exact) mass is 323 g/mol. The number of anilines is 1. The molecule has 3 heterocycles. The lowest BCUT2D eigenvalue weighted by molar-refractivity contribution is 0.0950. The van der Waals surface area contributed by atoms with Crippen LogP contribution in [-0.4, -0.2) is 32.7 Å². The SMILES string of the molecule is Cn1ccc(NC(=O)c2ccc3cc4n(c3c2)CCCNC4=O)n1. The molecule has 0 atom stereocenters. The first kappa shape index (κ1) is 14.5. The van der Waals surface area contributed by atoms with E-state index in [1.807, 2.05) is 22.8 Å². The van der Waals surface area contributed by atoms with Crippen LogP contribution in [0.3, 0.4) is 0 Å². The maximum atomic E-state index is 12.4. The van der Waals surface area contributed by atoms with E-state index in [1.165, 1.54) is 0 Å². The fourth-order valence-corrected chi connectivity index (χ4v) is 3.02.